The summed E-state index contributed by atoms with van der Waals surface area (Å²) < 4.78 is 93.0. The number of carbonyl (C=O) groups excluding carboxylic acids is 8. The zero-order chi connectivity index (χ0) is 40.9. The molecule has 0 aromatic carbocycles. The fourth-order valence-electron chi connectivity index (χ4n) is 12.1. The van der Waals surface area contributed by atoms with Crippen LogP contribution < -0.4 is 0 Å². The Balaban J connectivity index is 0.985. The smallest absolute Gasteiger partial charge is 0.279 e. The van der Waals surface area contributed by atoms with Crippen molar-refractivity contribution in [2.45, 2.75) is 126 Å². The van der Waals surface area contributed by atoms with Crippen molar-refractivity contribution in [2.24, 2.45) is 40.9 Å². The predicted molar refractivity (Wildman–Crippen MR) is 181 cm³/mol. The summed E-state index contributed by atoms with van der Waals surface area (Å²) in [5.41, 5.74) is -4.31. The largest absolute Gasteiger partial charge is 0.403 e. The number of likely N-dealkylation sites (tertiary alicyclic amines) is 2. The lowest BCUT2D eigenvalue weighted by molar-refractivity contribution is -0.383. The minimum absolute atomic E-state index is 0.211. The van der Waals surface area contributed by atoms with Crippen LogP contribution in [0.4, 0.5) is 26.3 Å². The number of alkyl halides is 6. The van der Waals surface area contributed by atoms with Crippen molar-refractivity contribution in [1.82, 2.24) is 19.6 Å². The average molecular weight is 809 g/mol. The fraction of sp³-hybridized carbons (Fsp3) is 0.692. The third kappa shape index (κ3) is 5.99. The first-order chi connectivity index (χ1) is 26.9. The Kier molecular flexibility index (Phi) is 9.61. The lowest BCUT2D eigenvalue weighted by Crippen LogP contribution is -2.61. The van der Waals surface area contributed by atoms with Crippen molar-refractivity contribution in [1.29, 1.82) is 0 Å². The van der Waals surface area contributed by atoms with Gasteiger partial charge in [0, 0.05) is 48.5 Å². The molecule has 6 fully saturated rings. The number of halogens is 6. The highest BCUT2D eigenvalue weighted by atomic mass is 19.4. The van der Waals surface area contributed by atoms with Crippen molar-refractivity contribution >= 4 is 47.3 Å². The van der Waals surface area contributed by atoms with Gasteiger partial charge in [-0.05, 0) is 102 Å². The van der Waals surface area contributed by atoms with Crippen molar-refractivity contribution in [3.8, 4) is 0 Å². The third-order valence-electron chi connectivity index (χ3n) is 14.6. The molecular formula is C39H42F6N4O8. The van der Waals surface area contributed by atoms with E-state index in [-0.39, 0.29) is 64.2 Å². The Morgan fingerprint density at radius 1 is 0.368 bits per heavy atom. The lowest BCUT2D eigenvalue weighted by atomic mass is 9.54. The van der Waals surface area contributed by atoms with Gasteiger partial charge in [0.2, 0.25) is 23.6 Å². The molecule has 6 unspecified atom stereocenters. The molecule has 57 heavy (non-hydrogen) atoms. The normalized spacial score (nSPS) is 36.7. The van der Waals surface area contributed by atoms with E-state index in [1.165, 1.54) is 0 Å². The fourth-order valence-corrected chi connectivity index (χ4v) is 12.1. The van der Waals surface area contributed by atoms with Gasteiger partial charge >= 0.3 is 12.4 Å². The van der Waals surface area contributed by atoms with Gasteiger partial charge in [0.15, 0.2) is 5.41 Å². The Morgan fingerprint density at radius 2 is 0.632 bits per heavy atom. The van der Waals surface area contributed by atoms with Gasteiger partial charge in [-0.3, -0.25) is 58.0 Å². The minimum Gasteiger partial charge on any atom is -0.279 e. The number of imide groups is 4. The molecule has 4 heterocycles. The van der Waals surface area contributed by atoms with E-state index in [2.05, 4.69) is 0 Å². The number of hydrogen-bond donors (Lipinski definition) is 0. The highest BCUT2D eigenvalue weighted by molar-refractivity contribution is 6.14. The van der Waals surface area contributed by atoms with Gasteiger partial charge in [-0.25, -0.2) is 0 Å². The molecule has 4 saturated carbocycles. The summed E-state index contributed by atoms with van der Waals surface area (Å²) >= 11 is 0. The maximum atomic E-state index is 15.5. The second-order valence-corrected chi connectivity index (χ2v) is 17.1. The third-order valence-corrected chi connectivity index (χ3v) is 14.6. The molecular weight excluding hydrogens is 766 g/mol. The van der Waals surface area contributed by atoms with Crippen LogP contribution in [-0.2, 0) is 38.4 Å². The Morgan fingerprint density at radius 3 is 0.912 bits per heavy atom. The summed E-state index contributed by atoms with van der Waals surface area (Å²) in [6.45, 7) is 0. The van der Waals surface area contributed by atoms with Crippen LogP contribution in [0, 0.1) is 40.9 Å². The maximum absolute atomic E-state index is 15.5. The van der Waals surface area contributed by atoms with Crippen LogP contribution in [0.1, 0.15) is 89.9 Å². The van der Waals surface area contributed by atoms with Crippen LogP contribution in [0.5, 0.6) is 0 Å². The SMILES string of the molecule is O=C1C=CC(=O)N1C1CCC(N2C(=O)C3CCC(C(C4CCC5C(=O)N(C6CCC(N7C(=O)C=CC7=O)CC6)C(=O)C5C4)(C(F)(F)F)C(F)(F)F)CC3C2=O)CC1. The Hall–Kier alpha value is -4.38. The maximum Gasteiger partial charge on any atom is 0.403 e. The molecule has 0 radical (unpaired) electrons. The molecule has 4 aliphatic carbocycles. The number of amides is 8. The molecule has 0 aromatic heterocycles. The van der Waals surface area contributed by atoms with Crippen molar-refractivity contribution in [3.63, 3.8) is 0 Å². The van der Waals surface area contributed by atoms with Gasteiger partial charge in [0.05, 0.1) is 23.7 Å². The van der Waals surface area contributed by atoms with E-state index in [1.807, 2.05) is 0 Å². The highest BCUT2D eigenvalue weighted by Gasteiger charge is 2.78. The van der Waals surface area contributed by atoms with Gasteiger partial charge < -0.3 is 0 Å². The monoisotopic (exact) mass is 808 g/mol. The van der Waals surface area contributed by atoms with E-state index >= 15 is 26.3 Å². The van der Waals surface area contributed by atoms with E-state index in [9.17, 15) is 38.4 Å². The molecule has 0 aromatic rings. The van der Waals surface area contributed by atoms with Crippen molar-refractivity contribution < 1.29 is 64.7 Å². The summed E-state index contributed by atoms with van der Waals surface area (Å²) in [6.07, 6.45) is -8.84. The van der Waals surface area contributed by atoms with Crippen LogP contribution in [-0.4, -0.2) is 103 Å². The van der Waals surface area contributed by atoms with E-state index < -0.39 is 150 Å². The molecule has 0 N–H and O–H groups in total. The average Bonchev–Trinajstić information content (AvgIpc) is 3.83. The zero-order valence-corrected chi connectivity index (χ0v) is 30.8. The number of carbonyl (C=O) groups is 8. The predicted octanol–water partition coefficient (Wildman–Crippen LogP) is 4.37. The van der Waals surface area contributed by atoms with Crippen LogP contribution in [0.15, 0.2) is 24.3 Å². The highest BCUT2D eigenvalue weighted by Crippen LogP contribution is 2.67. The number of hydrogen-bond acceptors (Lipinski definition) is 8. The molecule has 4 aliphatic heterocycles. The van der Waals surface area contributed by atoms with E-state index in [0.29, 0.717) is 0 Å². The van der Waals surface area contributed by atoms with E-state index in [1.54, 1.807) is 0 Å². The summed E-state index contributed by atoms with van der Waals surface area (Å²) in [5, 5.41) is 0. The summed E-state index contributed by atoms with van der Waals surface area (Å²) in [6, 6.07) is -2.29. The lowest BCUT2D eigenvalue weighted by Gasteiger charge is -2.52. The van der Waals surface area contributed by atoms with Crippen LogP contribution in [0.25, 0.3) is 0 Å². The summed E-state index contributed by atoms with van der Waals surface area (Å²) in [4.78, 5) is 108. The van der Waals surface area contributed by atoms with Crippen molar-refractivity contribution in [3.05, 3.63) is 24.3 Å². The molecule has 8 amide bonds. The first-order valence-corrected chi connectivity index (χ1v) is 19.8. The Labute approximate surface area is 323 Å². The molecule has 6 atom stereocenters. The molecule has 308 valence electrons. The molecule has 18 heteroatoms. The van der Waals surface area contributed by atoms with Gasteiger partial charge in [-0.15, -0.1) is 0 Å². The number of fused-ring (bicyclic) bond motifs is 2. The number of nitrogens with zero attached hydrogens (tertiary/aromatic N) is 4. The minimum atomic E-state index is -5.85. The Bertz CT molecular complexity index is 1690. The van der Waals surface area contributed by atoms with E-state index in [0.717, 1.165) is 43.9 Å². The molecule has 2 saturated heterocycles. The van der Waals surface area contributed by atoms with Gasteiger partial charge in [0.25, 0.3) is 23.6 Å². The molecule has 8 aliphatic rings. The van der Waals surface area contributed by atoms with Crippen LogP contribution >= 0.6 is 0 Å². The first kappa shape index (κ1) is 39.4. The standard InChI is InChI=1S/C39H42F6N4O8/c40-38(41,42)37(39(43,44)45,19-1-11-25-27(17-19)35(56)48(33(25)54)23-7-3-21(4-8-23)46-29(50)13-14-30(46)51)20-2-12-26-28(18-20)36(57)49(34(26)55)24-9-5-22(6-10-24)47-31(52)15-16-32(47)53/h13-16,19-28H,1-12,17-18H2. The van der Waals surface area contributed by atoms with Gasteiger partial charge in [0.1, 0.15) is 0 Å². The summed E-state index contributed by atoms with van der Waals surface area (Å²) in [7, 11) is 0. The molecule has 8 rings (SSSR count). The quantitative estimate of drug-likeness (QED) is 0.284. The van der Waals surface area contributed by atoms with Crippen molar-refractivity contribution in [2.75, 3.05) is 0 Å². The summed E-state index contributed by atoms with van der Waals surface area (Å²) in [5.74, 6) is -14.0. The van der Waals surface area contributed by atoms with Crippen LogP contribution in [0.3, 0.4) is 0 Å². The van der Waals surface area contributed by atoms with Crippen LogP contribution in [0.2, 0.25) is 0 Å². The number of rotatable bonds is 6. The first-order valence-electron chi connectivity index (χ1n) is 19.8. The van der Waals surface area contributed by atoms with Gasteiger partial charge in [-0.1, -0.05) is 0 Å². The second-order valence-electron chi connectivity index (χ2n) is 17.1. The molecule has 0 spiro atoms. The zero-order valence-electron chi connectivity index (χ0n) is 30.8. The second kappa shape index (κ2) is 13.9. The topological polar surface area (TPSA) is 150 Å². The van der Waals surface area contributed by atoms with Gasteiger partial charge in [-0.2, -0.15) is 26.3 Å². The van der Waals surface area contributed by atoms with E-state index in [4.69, 9.17) is 0 Å². The molecule has 12 nitrogen and oxygen atoms in total. The molecule has 0 bridgehead atoms.